The second kappa shape index (κ2) is 13.4. The minimum absolute atomic E-state index is 0.0343. The summed E-state index contributed by atoms with van der Waals surface area (Å²) in [6, 6.07) is 7.40. The number of halogens is 3. The van der Waals surface area contributed by atoms with Crippen LogP contribution in [0.3, 0.4) is 0 Å². The fourth-order valence-electron chi connectivity index (χ4n) is 3.69. The lowest BCUT2D eigenvalue weighted by Gasteiger charge is -2.26. The Morgan fingerprint density at radius 2 is 1.91 bits per heavy atom. The van der Waals surface area contributed by atoms with Gasteiger partial charge in [0, 0.05) is 31.0 Å². The summed E-state index contributed by atoms with van der Waals surface area (Å²) in [7, 11) is 0. The van der Waals surface area contributed by atoms with E-state index in [1.54, 1.807) is 40.1 Å². The lowest BCUT2D eigenvalue weighted by atomic mass is 9.84. The first-order valence-electron chi connectivity index (χ1n) is 10.7. The maximum Gasteiger partial charge on any atom is 0.180 e. The summed E-state index contributed by atoms with van der Waals surface area (Å²) in [5, 5.41) is 6.14. The molecule has 0 amide bonds. The maximum absolute atomic E-state index is 13.7. The highest BCUT2D eigenvalue weighted by Crippen LogP contribution is 2.41. The average molecular weight is 470 g/mol. The van der Waals surface area contributed by atoms with Crippen molar-refractivity contribution in [3.63, 3.8) is 0 Å². The first kappa shape index (κ1) is 27.8. The molecule has 2 unspecified atom stereocenters. The Kier molecular flexibility index (Phi) is 11.6. The maximum atomic E-state index is 13.7. The zero-order valence-electron chi connectivity index (χ0n) is 19.6. The van der Waals surface area contributed by atoms with Crippen LogP contribution in [0.5, 0.6) is 0 Å². The van der Waals surface area contributed by atoms with Crippen LogP contribution in [0.25, 0.3) is 5.69 Å². The summed E-state index contributed by atoms with van der Waals surface area (Å²) in [5.74, 6) is 0.0612. The van der Waals surface area contributed by atoms with Crippen molar-refractivity contribution in [1.82, 2.24) is 9.78 Å². The van der Waals surface area contributed by atoms with Gasteiger partial charge in [-0.2, -0.15) is 5.10 Å². The molecule has 178 valence electrons. The molecule has 2 heterocycles. The number of Topliss-reactive ketones (excluding diaryl/α,β-unsaturated/α-hetero) is 1. The molecule has 0 spiro atoms. The molecule has 4 nitrogen and oxygen atoms in total. The number of carbonyl (C=O) groups is 1. The van der Waals surface area contributed by atoms with Gasteiger partial charge in [-0.15, -0.1) is 11.8 Å². The topological polar surface area (TPSA) is 38.1 Å². The Morgan fingerprint density at radius 3 is 2.38 bits per heavy atom. The van der Waals surface area contributed by atoms with E-state index < -0.39 is 18.8 Å². The van der Waals surface area contributed by atoms with Gasteiger partial charge in [-0.1, -0.05) is 20.4 Å². The zero-order valence-corrected chi connectivity index (χ0v) is 20.4. The third-order valence-corrected chi connectivity index (χ3v) is 5.59. The molecule has 1 saturated heterocycles. The van der Waals surface area contributed by atoms with Crippen molar-refractivity contribution in [2.75, 3.05) is 31.0 Å². The van der Waals surface area contributed by atoms with Gasteiger partial charge in [-0.25, -0.2) is 9.07 Å². The number of rotatable bonds is 7. The molecule has 2 aromatic rings. The summed E-state index contributed by atoms with van der Waals surface area (Å²) in [6.45, 7) is 9.99. The second-order valence-corrected chi connectivity index (χ2v) is 8.29. The third-order valence-electron chi connectivity index (χ3n) is 5.26. The Labute approximate surface area is 193 Å². The van der Waals surface area contributed by atoms with E-state index in [9.17, 15) is 18.0 Å². The highest BCUT2D eigenvalue weighted by Gasteiger charge is 2.43. The van der Waals surface area contributed by atoms with Crippen LogP contribution in [0, 0.1) is 11.2 Å². The van der Waals surface area contributed by atoms with E-state index in [1.807, 2.05) is 31.9 Å². The molecule has 1 aliphatic rings. The van der Waals surface area contributed by atoms with Crippen molar-refractivity contribution in [3.05, 3.63) is 53.8 Å². The van der Waals surface area contributed by atoms with Crippen LogP contribution in [0.2, 0.25) is 0 Å². The van der Waals surface area contributed by atoms with Crippen molar-refractivity contribution in [2.45, 2.75) is 46.6 Å². The van der Waals surface area contributed by atoms with Crippen LogP contribution in [0.1, 0.15) is 51.0 Å². The number of ketones is 1. The lowest BCUT2D eigenvalue weighted by molar-refractivity contribution is 0.101. The van der Waals surface area contributed by atoms with Crippen molar-refractivity contribution < 1.29 is 18.0 Å². The molecule has 1 aromatic carbocycles. The lowest BCUT2D eigenvalue weighted by Crippen LogP contribution is -2.32. The highest BCUT2D eigenvalue weighted by molar-refractivity contribution is 8.01. The molecule has 1 fully saturated rings. The van der Waals surface area contributed by atoms with Crippen LogP contribution in [0.15, 0.2) is 42.3 Å². The first-order valence-corrected chi connectivity index (χ1v) is 12.0. The van der Waals surface area contributed by atoms with Crippen LogP contribution in [0.4, 0.5) is 19.0 Å². The fourth-order valence-corrected chi connectivity index (χ4v) is 3.69. The summed E-state index contributed by atoms with van der Waals surface area (Å²) >= 11 is 1.62. The predicted molar refractivity (Wildman–Crippen MR) is 129 cm³/mol. The number of alkyl halides is 2. The number of hydrogen-bond donors (Lipinski definition) is 0. The number of carbonyl (C=O) groups excluding carboxylic acids is 1. The molecule has 0 N–H and O–H groups in total. The standard InChI is InChI=1S/C19H22F3N3O.C3H6S.C2H6/c1-13-10-19(11-21,7-8-20)12-24(13)18-9-17(14(2)26)23-25(18)16-5-3-15(22)4-6-16;1-3-4-2;1-2/h3-6,9,13H,7-8,10-12H2,1-2H3;3H,1H2,2H3;1-2H3. The summed E-state index contributed by atoms with van der Waals surface area (Å²) in [6.07, 6.45) is 2.67. The van der Waals surface area contributed by atoms with Crippen LogP contribution in [-0.4, -0.2) is 47.8 Å². The average Bonchev–Trinajstić information content (AvgIpc) is 3.38. The van der Waals surface area contributed by atoms with Gasteiger partial charge in [0.2, 0.25) is 0 Å². The van der Waals surface area contributed by atoms with E-state index in [0.29, 0.717) is 24.5 Å². The number of nitrogens with zero attached hydrogens (tertiary/aromatic N) is 3. The van der Waals surface area contributed by atoms with Gasteiger partial charge >= 0.3 is 0 Å². The van der Waals surface area contributed by atoms with Gasteiger partial charge in [0.1, 0.15) is 17.3 Å². The first-order chi connectivity index (χ1) is 15.3. The zero-order chi connectivity index (χ0) is 24.3. The molecule has 0 aliphatic carbocycles. The van der Waals surface area contributed by atoms with E-state index in [-0.39, 0.29) is 29.8 Å². The van der Waals surface area contributed by atoms with Crippen LogP contribution in [-0.2, 0) is 0 Å². The van der Waals surface area contributed by atoms with Crippen molar-refractivity contribution in [1.29, 1.82) is 0 Å². The van der Waals surface area contributed by atoms with E-state index in [2.05, 4.69) is 11.7 Å². The van der Waals surface area contributed by atoms with Gasteiger partial charge in [0.25, 0.3) is 0 Å². The van der Waals surface area contributed by atoms with Crippen molar-refractivity contribution in [2.24, 2.45) is 5.41 Å². The largest absolute Gasteiger partial charge is 0.353 e. The summed E-state index contributed by atoms with van der Waals surface area (Å²) < 4.78 is 41.5. The second-order valence-electron chi connectivity index (χ2n) is 7.49. The quantitative estimate of drug-likeness (QED) is 0.426. The number of aromatic nitrogens is 2. The van der Waals surface area contributed by atoms with Gasteiger partial charge in [-0.3, -0.25) is 13.6 Å². The number of thioether (sulfide) groups is 1. The summed E-state index contributed by atoms with van der Waals surface area (Å²) in [5.41, 5.74) is 0.145. The van der Waals surface area contributed by atoms with Gasteiger partial charge in [0.05, 0.1) is 19.0 Å². The Hall–Kier alpha value is -2.22. The minimum atomic E-state index is -0.734. The predicted octanol–water partition coefficient (Wildman–Crippen LogP) is 6.65. The van der Waals surface area contributed by atoms with Crippen molar-refractivity contribution >= 4 is 23.4 Å². The molecule has 2 atom stereocenters. The fraction of sp³-hybridized carbons (Fsp3) is 0.500. The SMILES string of the molecule is C=CSC.CC.CC(=O)c1cc(N2CC(CF)(CCF)CC2C)n(-c2ccc(F)cc2)n1. The monoisotopic (exact) mass is 469 g/mol. The number of anilines is 1. The van der Waals surface area contributed by atoms with Crippen molar-refractivity contribution in [3.8, 4) is 5.69 Å². The molecule has 3 rings (SSSR count). The smallest absolute Gasteiger partial charge is 0.180 e. The van der Waals surface area contributed by atoms with Gasteiger partial charge < -0.3 is 4.90 Å². The van der Waals surface area contributed by atoms with Crippen LogP contribution >= 0.6 is 11.8 Å². The van der Waals surface area contributed by atoms with Crippen LogP contribution < -0.4 is 4.90 Å². The third kappa shape index (κ3) is 6.89. The Bertz CT molecular complexity index is 857. The van der Waals surface area contributed by atoms with E-state index in [0.717, 1.165) is 0 Å². The Balaban J connectivity index is 0.000000769. The molecular formula is C24H34F3N3OS. The molecule has 32 heavy (non-hydrogen) atoms. The molecule has 0 bridgehead atoms. The van der Waals surface area contributed by atoms with E-state index >= 15 is 0 Å². The summed E-state index contributed by atoms with van der Waals surface area (Å²) in [4.78, 5) is 13.8. The highest BCUT2D eigenvalue weighted by atomic mass is 32.2. The molecular weight excluding hydrogens is 435 g/mol. The minimum Gasteiger partial charge on any atom is -0.353 e. The molecule has 1 aliphatic heterocycles. The molecule has 0 saturated carbocycles. The van der Waals surface area contributed by atoms with E-state index in [4.69, 9.17) is 0 Å². The number of hydrogen-bond acceptors (Lipinski definition) is 4. The molecule has 8 heteroatoms. The Morgan fingerprint density at radius 1 is 1.31 bits per heavy atom. The normalized spacial score (nSPS) is 19.5. The van der Waals surface area contributed by atoms with Gasteiger partial charge in [-0.05, 0) is 55.7 Å². The number of benzene rings is 1. The van der Waals surface area contributed by atoms with E-state index in [1.165, 1.54) is 19.1 Å². The molecule has 1 aromatic heterocycles. The molecule has 0 radical (unpaired) electrons. The van der Waals surface area contributed by atoms with Gasteiger partial charge in [0.15, 0.2) is 5.78 Å².